The monoisotopic (exact) mass is 461 g/mol. The Bertz CT molecular complexity index is 1210. The number of nitrogen functional groups attached to an aromatic ring is 2. The smallest absolute Gasteiger partial charge is 0.344 e. The molecule has 3 aromatic rings. The number of benzene rings is 2. The van der Waals surface area contributed by atoms with Gasteiger partial charge in [0, 0.05) is 30.1 Å². The summed E-state index contributed by atoms with van der Waals surface area (Å²) in [5.74, 6) is -1.28. The van der Waals surface area contributed by atoms with Gasteiger partial charge in [0.25, 0.3) is 0 Å². The molecule has 0 atom stereocenters. The zero-order valence-electron chi connectivity index (χ0n) is 18.8. The quantitative estimate of drug-likeness (QED) is 0.206. The Kier molecular flexibility index (Phi) is 7.81. The zero-order valence-corrected chi connectivity index (χ0v) is 18.8. The first-order valence-corrected chi connectivity index (χ1v) is 10.6. The van der Waals surface area contributed by atoms with E-state index in [0.717, 1.165) is 11.1 Å². The number of ether oxygens (including phenoxy) is 2. The van der Waals surface area contributed by atoms with Crippen molar-refractivity contribution in [2.24, 2.45) is 11.5 Å². The van der Waals surface area contributed by atoms with E-state index in [1.165, 1.54) is 0 Å². The molecule has 176 valence electrons. The Morgan fingerprint density at radius 2 is 1.62 bits per heavy atom. The predicted molar refractivity (Wildman–Crippen MR) is 128 cm³/mol. The van der Waals surface area contributed by atoms with Crippen molar-refractivity contribution in [3.8, 4) is 0 Å². The molecule has 0 aliphatic carbocycles. The first-order valence-electron chi connectivity index (χ1n) is 10.6. The standard InChI is InChI=1S/C25H27N5O4/c1-2-33-22(31)15-34-25(32)21-14-30(12-17-4-3-5-19(11-17)24(28)29)13-20(21)10-16-6-8-18(9-7-16)23(26)27/h3-9,11,13-14H,2,10,12,15H2,1H3,(H3,26,27)(H3,28,29). The number of amidine groups is 2. The maximum Gasteiger partial charge on any atom is 0.344 e. The summed E-state index contributed by atoms with van der Waals surface area (Å²) in [6, 6.07) is 14.5. The summed E-state index contributed by atoms with van der Waals surface area (Å²) in [6.45, 7) is 1.86. The molecule has 9 nitrogen and oxygen atoms in total. The molecule has 3 rings (SSSR count). The van der Waals surface area contributed by atoms with E-state index >= 15 is 0 Å². The van der Waals surface area contributed by atoms with Crippen LogP contribution in [0.15, 0.2) is 60.9 Å². The molecule has 0 radical (unpaired) electrons. The molecule has 0 unspecified atom stereocenters. The van der Waals surface area contributed by atoms with Crippen molar-refractivity contribution >= 4 is 23.6 Å². The fourth-order valence-corrected chi connectivity index (χ4v) is 3.45. The van der Waals surface area contributed by atoms with Gasteiger partial charge in [-0.2, -0.15) is 0 Å². The van der Waals surface area contributed by atoms with Crippen LogP contribution in [0.5, 0.6) is 0 Å². The normalized spacial score (nSPS) is 10.5. The van der Waals surface area contributed by atoms with E-state index in [0.29, 0.717) is 35.2 Å². The lowest BCUT2D eigenvalue weighted by molar-refractivity contribution is -0.146. The van der Waals surface area contributed by atoms with Gasteiger partial charge >= 0.3 is 11.9 Å². The van der Waals surface area contributed by atoms with Gasteiger partial charge in [-0.25, -0.2) is 9.59 Å². The summed E-state index contributed by atoms with van der Waals surface area (Å²) < 4.78 is 11.8. The number of carbonyl (C=O) groups excluding carboxylic acids is 2. The minimum atomic E-state index is -0.625. The lowest BCUT2D eigenvalue weighted by Gasteiger charge is -2.06. The van der Waals surface area contributed by atoms with Crippen LogP contribution >= 0.6 is 0 Å². The summed E-state index contributed by atoms with van der Waals surface area (Å²) in [7, 11) is 0. The van der Waals surface area contributed by atoms with Gasteiger partial charge in [-0.15, -0.1) is 0 Å². The highest BCUT2D eigenvalue weighted by Gasteiger charge is 2.18. The first kappa shape index (κ1) is 24.2. The predicted octanol–water partition coefficient (Wildman–Crippen LogP) is 2.42. The molecule has 1 aromatic heterocycles. The Hall–Kier alpha value is -4.40. The lowest BCUT2D eigenvalue weighted by Crippen LogP contribution is -2.17. The van der Waals surface area contributed by atoms with Crippen LogP contribution in [0.2, 0.25) is 0 Å². The molecule has 0 saturated heterocycles. The zero-order chi connectivity index (χ0) is 24.7. The van der Waals surface area contributed by atoms with Gasteiger partial charge in [-0.3, -0.25) is 10.8 Å². The lowest BCUT2D eigenvalue weighted by atomic mass is 10.0. The summed E-state index contributed by atoms with van der Waals surface area (Å²) >= 11 is 0. The molecule has 34 heavy (non-hydrogen) atoms. The maximum absolute atomic E-state index is 12.8. The third-order valence-electron chi connectivity index (χ3n) is 5.07. The fourth-order valence-electron chi connectivity index (χ4n) is 3.45. The molecule has 9 heteroatoms. The number of nitrogens with two attached hydrogens (primary N) is 2. The van der Waals surface area contributed by atoms with Crippen LogP contribution in [0, 0.1) is 10.8 Å². The van der Waals surface area contributed by atoms with Crippen LogP contribution in [-0.2, 0) is 27.2 Å². The topological polar surface area (TPSA) is 157 Å². The molecule has 0 fully saturated rings. The number of aromatic nitrogens is 1. The number of rotatable bonds is 10. The van der Waals surface area contributed by atoms with Crippen LogP contribution in [0.25, 0.3) is 0 Å². The molecular formula is C25H27N5O4. The Morgan fingerprint density at radius 1 is 0.912 bits per heavy atom. The average Bonchev–Trinajstić information content (AvgIpc) is 3.20. The number of nitrogens with zero attached hydrogens (tertiary/aromatic N) is 1. The van der Waals surface area contributed by atoms with E-state index in [-0.39, 0.29) is 18.3 Å². The van der Waals surface area contributed by atoms with Gasteiger partial charge in [0.2, 0.25) is 0 Å². The van der Waals surface area contributed by atoms with Crippen LogP contribution < -0.4 is 11.5 Å². The Morgan fingerprint density at radius 3 is 2.26 bits per heavy atom. The van der Waals surface area contributed by atoms with E-state index < -0.39 is 18.5 Å². The minimum absolute atomic E-state index is 0.0197. The highest BCUT2D eigenvalue weighted by atomic mass is 16.6. The molecule has 6 N–H and O–H groups in total. The Labute approximate surface area is 197 Å². The molecule has 1 heterocycles. The van der Waals surface area contributed by atoms with Crippen molar-refractivity contribution in [2.45, 2.75) is 19.9 Å². The van der Waals surface area contributed by atoms with Crippen LogP contribution in [-0.4, -0.2) is 41.4 Å². The largest absolute Gasteiger partial charge is 0.463 e. The van der Waals surface area contributed by atoms with E-state index in [1.54, 1.807) is 31.3 Å². The van der Waals surface area contributed by atoms with E-state index in [2.05, 4.69) is 0 Å². The van der Waals surface area contributed by atoms with Crippen molar-refractivity contribution in [1.82, 2.24) is 4.57 Å². The van der Waals surface area contributed by atoms with E-state index in [9.17, 15) is 9.59 Å². The van der Waals surface area contributed by atoms with E-state index in [1.807, 2.05) is 41.1 Å². The summed E-state index contributed by atoms with van der Waals surface area (Å²) in [4.78, 5) is 24.4. The first-order chi connectivity index (χ1) is 16.3. The maximum atomic E-state index is 12.8. The van der Waals surface area contributed by atoms with Crippen molar-refractivity contribution in [3.05, 3.63) is 94.3 Å². The number of esters is 2. The Balaban J connectivity index is 1.86. The third-order valence-corrected chi connectivity index (χ3v) is 5.07. The van der Waals surface area contributed by atoms with Crippen LogP contribution in [0.4, 0.5) is 0 Å². The number of carbonyl (C=O) groups is 2. The number of nitrogens with one attached hydrogen (secondary N) is 2. The highest BCUT2D eigenvalue weighted by Crippen LogP contribution is 2.19. The third kappa shape index (κ3) is 6.32. The van der Waals surface area contributed by atoms with E-state index in [4.69, 9.17) is 31.8 Å². The molecule has 0 spiro atoms. The van der Waals surface area contributed by atoms with Gasteiger partial charge in [-0.1, -0.05) is 42.5 Å². The van der Waals surface area contributed by atoms with Gasteiger partial charge in [-0.05, 0) is 36.1 Å². The molecule has 0 saturated carbocycles. The molecule has 0 aliphatic rings. The molecule has 0 amide bonds. The minimum Gasteiger partial charge on any atom is -0.463 e. The van der Waals surface area contributed by atoms with Crippen molar-refractivity contribution in [2.75, 3.05) is 13.2 Å². The molecule has 2 aromatic carbocycles. The van der Waals surface area contributed by atoms with Crippen molar-refractivity contribution < 1.29 is 19.1 Å². The summed E-state index contributed by atoms with van der Waals surface area (Å²) in [6.07, 6.45) is 3.95. The van der Waals surface area contributed by atoms with Gasteiger partial charge in [0.1, 0.15) is 11.7 Å². The number of hydrogen-bond donors (Lipinski definition) is 4. The molecule has 0 bridgehead atoms. The van der Waals surface area contributed by atoms with Crippen LogP contribution in [0.3, 0.4) is 0 Å². The summed E-state index contributed by atoms with van der Waals surface area (Å²) in [5, 5.41) is 15.2. The second-order valence-electron chi connectivity index (χ2n) is 7.65. The summed E-state index contributed by atoms with van der Waals surface area (Å²) in [5.41, 5.74) is 15.2. The van der Waals surface area contributed by atoms with Gasteiger partial charge in [0.05, 0.1) is 12.2 Å². The SMILES string of the molecule is CCOC(=O)COC(=O)c1cn(Cc2cccc(C(=N)N)c2)cc1Cc1ccc(C(=N)N)cc1. The second-order valence-corrected chi connectivity index (χ2v) is 7.65. The van der Waals surface area contributed by atoms with Crippen molar-refractivity contribution in [1.29, 1.82) is 10.8 Å². The molecule has 0 aliphatic heterocycles. The number of hydrogen-bond acceptors (Lipinski definition) is 6. The fraction of sp³-hybridized carbons (Fsp3) is 0.200. The average molecular weight is 462 g/mol. The molecular weight excluding hydrogens is 434 g/mol. The second kappa shape index (κ2) is 11.0. The van der Waals surface area contributed by atoms with Crippen molar-refractivity contribution in [3.63, 3.8) is 0 Å². The van der Waals surface area contributed by atoms with Crippen LogP contribution in [0.1, 0.15) is 45.1 Å². The van der Waals surface area contributed by atoms with Gasteiger partial charge in [0.15, 0.2) is 6.61 Å². The highest BCUT2D eigenvalue weighted by molar-refractivity contribution is 5.95. The van der Waals surface area contributed by atoms with Gasteiger partial charge < -0.3 is 25.5 Å².